The molecular weight excluding hydrogens is 423 g/mol. The van der Waals surface area contributed by atoms with Gasteiger partial charge in [-0.05, 0) is 48.8 Å². The Balaban J connectivity index is 3.44. The fraction of sp³-hybridized carbons (Fsp3) is 0.429. The molecule has 0 unspecified atom stereocenters. The Morgan fingerprint density at radius 2 is 1.80 bits per heavy atom. The number of anilines is 2. The monoisotopic (exact) mass is 440 g/mol. The van der Waals surface area contributed by atoms with Crippen LogP contribution < -0.4 is 9.62 Å². The maximum absolute atomic E-state index is 14.0. The molecule has 0 radical (unpaired) electrons. The first kappa shape index (κ1) is 21.2. The summed E-state index contributed by atoms with van der Waals surface area (Å²) >= 11 is 3.02. The molecule has 1 aromatic rings. The minimum Gasteiger partial charge on any atom is -0.450 e. The standard InChI is InChI=1S/C14H18BrFN2O6S/c1-4-23-13(19)17-11-8-12(9(15)7-10(11)16)18(14(20)24-5-2)25(21,22)6-3/h7-8H,4-6H2,1-3H3,(H,17,19). The normalized spacial score (nSPS) is 10.9. The van der Waals surface area contributed by atoms with Crippen LogP contribution >= 0.6 is 15.9 Å². The molecule has 1 aromatic carbocycles. The van der Waals surface area contributed by atoms with Crippen molar-refractivity contribution in [3.05, 3.63) is 22.4 Å². The zero-order valence-electron chi connectivity index (χ0n) is 13.8. The van der Waals surface area contributed by atoms with Crippen LogP contribution in [-0.2, 0) is 19.5 Å². The van der Waals surface area contributed by atoms with Gasteiger partial charge in [0.25, 0.3) is 0 Å². The van der Waals surface area contributed by atoms with Gasteiger partial charge in [0.05, 0.1) is 30.3 Å². The van der Waals surface area contributed by atoms with Crippen LogP contribution in [0.2, 0.25) is 0 Å². The summed E-state index contributed by atoms with van der Waals surface area (Å²) in [5.74, 6) is -1.24. The molecule has 25 heavy (non-hydrogen) atoms. The van der Waals surface area contributed by atoms with Crippen molar-refractivity contribution in [3.8, 4) is 0 Å². The molecule has 0 bridgehead atoms. The number of hydrogen-bond donors (Lipinski definition) is 1. The number of carbonyl (C=O) groups excluding carboxylic acids is 2. The molecule has 2 amide bonds. The number of amides is 2. The van der Waals surface area contributed by atoms with Crippen LogP contribution in [0.15, 0.2) is 16.6 Å². The Kier molecular flexibility index (Phi) is 7.61. The lowest BCUT2D eigenvalue weighted by Crippen LogP contribution is -2.38. The number of rotatable bonds is 6. The van der Waals surface area contributed by atoms with Crippen molar-refractivity contribution in [1.29, 1.82) is 0 Å². The number of halogens is 2. The number of hydrogen-bond acceptors (Lipinski definition) is 6. The predicted molar refractivity (Wildman–Crippen MR) is 93.7 cm³/mol. The van der Waals surface area contributed by atoms with Crippen molar-refractivity contribution < 1.29 is 31.9 Å². The van der Waals surface area contributed by atoms with Crippen LogP contribution in [0.25, 0.3) is 0 Å². The van der Waals surface area contributed by atoms with Crippen LogP contribution in [0.1, 0.15) is 20.8 Å². The molecule has 0 aliphatic heterocycles. The molecule has 0 aliphatic rings. The van der Waals surface area contributed by atoms with Crippen molar-refractivity contribution >= 4 is 49.5 Å². The molecule has 0 saturated heterocycles. The average Bonchev–Trinajstić information content (AvgIpc) is 2.52. The highest BCUT2D eigenvalue weighted by atomic mass is 79.9. The number of ether oxygens (including phenoxy) is 2. The lowest BCUT2D eigenvalue weighted by atomic mass is 10.2. The van der Waals surface area contributed by atoms with Crippen LogP contribution in [0.5, 0.6) is 0 Å². The summed E-state index contributed by atoms with van der Waals surface area (Å²) in [5.41, 5.74) is -0.550. The summed E-state index contributed by atoms with van der Waals surface area (Å²) in [6.07, 6.45) is -2.06. The Morgan fingerprint density at radius 1 is 1.20 bits per heavy atom. The van der Waals surface area contributed by atoms with E-state index in [1.807, 2.05) is 0 Å². The SMILES string of the molecule is CCOC(=O)Nc1cc(N(C(=O)OCC)S(=O)(=O)CC)c(Br)cc1F. The van der Waals surface area contributed by atoms with Crippen molar-refractivity contribution in [2.24, 2.45) is 0 Å². The molecule has 0 fully saturated rings. The van der Waals surface area contributed by atoms with Gasteiger partial charge in [-0.3, -0.25) is 5.32 Å². The van der Waals surface area contributed by atoms with Gasteiger partial charge in [-0.25, -0.2) is 22.4 Å². The number of nitrogens with one attached hydrogen (secondary N) is 1. The van der Waals surface area contributed by atoms with Gasteiger partial charge in [-0.1, -0.05) is 0 Å². The molecule has 8 nitrogen and oxygen atoms in total. The quantitative estimate of drug-likeness (QED) is 0.726. The van der Waals surface area contributed by atoms with E-state index in [1.165, 1.54) is 13.8 Å². The van der Waals surface area contributed by atoms with Gasteiger partial charge in [0.15, 0.2) is 0 Å². The summed E-state index contributed by atoms with van der Waals surface area (Å²) in [6.45, 7) is 4.44. The van der Waals surface area contributed by atoms with Crippen LogP contribution in [0.4, 0.5) is 25.4 Å². The summed E-state index contributed by atoms with van der Waals surface area (Å²) in [5, 5.41) is 2.14. The fourth-order valence-corrected chi connectivity index (χ4v) is 3.34. The van der Waals surface area contributed by atoms with Gasteiger partial charge in [0.1, 0.15) is 5.82 Å². The Hall–Kier alpha value is -1.88. The smallest absolute Gasteiger partial charge is 0.428 e. The molecule has 11 heteroatoms. The first-order chi connectivity index (χ1) is 11.7. The fourth-order valence-electron chi connectivity index (χ4n) is 1.74. The summed E-state index contributed by atoms with van der Waals surface area (Å²) in [4.78, 5) is 23.6. The number of carbonyl (C=O) groups is 2. The molecule has 0 spiro atoms. The Labute approximate surface area is 153 Å². The van der Waals surface area contributed by atoms with Crippen LogP contribution in [-0.4, -0.2) is 39.6 Å². The summed E-state index contributed by atoms with van der Waals surface area (Å²) in [6, 6.07) is 1.93. The van der Waals surface area contributed by atoms with E-state index in [1.54, 1.807) is 6.92 Å². The van der Waals surface area contributed by atoms with Crippen LogP contribution in [0, 0.1) is 5.82 Å². The number of sulfonamides is 1. The molecule has 0 saturated carbocycles. The molecule has 140 valence electrons. The summed E-state index contributed by atoms with van der Waals surface area (Å²) < 4.78 is 48.4. The van der Waals surface area contributed by atoms with E-state index in [-0.39, 0.29) is 29.1 Å². The minimum absolute atomic E-state index is 0.00973. The predicted octanol–water partition coefficient (Wildman–Crippen LogP) is 3.47. The van der Waals surface area contributed by atoms with E-state index in [0.717, 1.165) is 12.1 Å². The topological polar surface area (TPSA) is 102 Å². The molecule has 0 atom stereocenters. The molecular formula is C14H18BrFN2O6S. The second kappa shape index (κ2) is 8.99. The van der Waals surface area contributed by atoms with E-state index >= 15 is 0 Å². The number of benzene rings is 1. The maximum Gasteiger partial charge on any atom is 0.428 e. The van der Waals surface area contributed by atoms with Crippen molar-refractivity contribution in [2.45, 2.75) is 20.8 Å². The van der Waals surface area contributed by atoms with Gasteiger partial charge in [0, 0.05) is 4.47 Å². The second-order valence-corrected chi connectivity index (χ2v) is 7.45. The van der Waals surface area contributed by atoms with Crippen molar-refractivity contribution in [3.63, 3.8) is 0 Å². The molecule has 1 N–H and O–H groups in total. The molecule has 0 aliphatic carbocycles. The Morgan fingerprint density at radius 3 is 2.32 bits per heavy atom. The van der Waals surface area contributed by atoms with Gasteiger partial charge in [0.2, 0.25) is 10.0 Å². The molecule has 0 heterocycles. The van der Waals surface area contributed by atoms with Crippen LogP contribution in [0.3, 0.4) is 0 Å². The second-order valence-electron chi connectivity index (χ2n) is 4.49. The summed E-state index contributed by atoms with van der Waals surface area (Å²) in [7, 11) is -4.06. The zero-order chi connectivity index (χ0) is 19.2. The highest BCUT2D eigenvalue weighted by Gasteiger charge is 2.31. The first-order valence-electron chi connectivity index (χ1n) is 7.30. The van der Waals surface area contributed by atoms with E-state index in [4.69, 9.17) is 4.74 Å². The van der Waals surface area contributed by atoms with E-state index in [0.29, 0.717) is 4.31 Å². The minimum atomic E-state index is -4.06. The van der Waals surface area contributed by atoms with E-state index in [2.05, 4.69) is 26.0 Å². The largest absolute Gasteiger partial charge is 0.450 e. The van der Waals surface area contributed by atoms with E-state index in [9.17, 15) is 22.4 Å². The maximum atomic E-state index is 14.0. The lowest BCUT2D eigenvalue weighted by molar-refractivity contribution is 0.164. The highest BCUT2D eigenvalue weighted by Crippen LogP contribution is 2.34. The van der Waals surface area contributed by atoms with Crippen molar-refractivity contribution in [2.75, 3.05) is 28.6 Å². The van der Waals surface area contributed by atoms with Gasteiger partial charge in [-0.15, -0.1) is 0 Å². The zero-order valence-corrected chi connectivity index (χ0v) is 16.2. The molecule has 0 aromatic heterocycles. The number of nitrogens with zero attached hydrogens (tertiary/aromatic N) is 1. The highest BCUT2D eigenvalue weighted by molar-refractivity contribution is 9.10. The molecule has 1 rings (SSSR count). The van der Waals surface area contributed by atoms with Gasteiger partial charge < -0.3 is 9.47 Å². The lowest BCUT2D eigenvalue weighted by Gasteiger charge is -2.23. The third-order valence-electron chi connectivity index (χ3n) is 2.84. The van der Waals surface area contributed by atoms with Crippen molar-refractivity contribution in [1.82, 2.24) is 0 Å². The van der Waals surface area contributed by atoms with E-state index < -0.39 is 33.8 Å². The average molecular weight is 441 g/mol. The van der Waals surface area contributed by atoms with Gasteiger partial charge in [-0.2, -0.15) is 4.31 Å². The Bertz CT molecular complexity index is 756. The van der Waals surface area contributed by atoms with Gasteiger partial charge >= 0.3 is 12.2 Å². The first-order valence-corrected chi connectivity index (χ1v) is 9.70. The third-order valence-corrected chi connectivity index (χ3v) is 5.11. The third kappa shape index (κ3) is 5.30.